The van der Waals surface area contributed by atoms with Crippen LogP contribution in [0.2, 0.25) is 0 Å². The average Bonchev–Trinajstić information content (AvgIpc) is 2.76. The van der Waals surface area contributed by atoms with Gasteiger partial charge in [0.1, 0.15) is 0 Å². The smallest absolute Gasteiger partial charge is 0.548 e. The van der Waals surface area contributed by atoms with Gasteiger partial charge in [0.15, 0.2) is 0 Å². The zero-order chi connectivity index (χ0) is 23.3. The molecule has 0 radical (unpaired) electrons. The molecule has 0 unspecified atom stereocenters. The molecular weight excluding hydrogens is 531 g/mol. The van der Waals surface area contributed by atoms with Gasteiger partial charge in [-0.25, -0.2) is 0 Å². The van der Waals surface area contributed by atoms with Gasteiger partial charge in [-0.3, -0.25) is 9.59 Å². The van der Waals surface area contributed by atoms with Gasteiger partial charge in [0.2, 0.25) is 11.8 Å². The zero-order valence-corrected chi connectivity index (χ0v) is 26.9. The SMILES string of the molecule is O=C(Cc1ccccc1)N[C@@H](CSSC[C@H](NC(=O)Cc1ccccc1)C(=O)[O-])C(=O)[O-].[K+].[K+]. The van der Waals surface area contributed by atoms with Crippen LogP contribution in [-0.4, -0.2) is 47.3 Å². The molecule has 0 aliphatic carbocycles. The number of hydrogen-bond acceptors (Lipinski definition) is 8. The summed E-state index contributed by atoms with van der Waals surface area (Å²) in [5, 5.41) is 27.5. The molecule has 0 saturated heterocycles. The van der Waals surface area contributed by atoms with Gasteiger partial charge in [-0.05, 0) is 11.1 Å². The molecule has 34 heavy (non-hydrogen) atoms. The van der Waals surface area contributed by atoms with Crippen molar-refractivity contribution in [1.29, 1.82) is 0 Å². The summed E-state index contributed by atoms with van der Waals surface area (Å²) >= 11 is 0. The Kier molecular flexibility index (Phi) is 19.6. The van der Waals surface area contributed by atoms with Gasteiger partial charge in [0, 0.05) is 11.5 Å². The summed E-state index contributed by atoms with van der Waals surface area (Å²) < 4.78 is 0. The van der Waals surface area contributed by atoms with E-state index in [4.69, 9.17) is 0 Å². The summed E-state index contributed by atoms with van der Waals surface area (Å²) in [6.45, 7) is 0. The predicted octanol–water partition coefficient (Wildman–Crippen LogP) is -6.67. The minimum Gasteiger partial charge on any atom is -0.548 e. The van der Waals surface area contributed by atoms with Gasteiger partial charge in [-0.15, -0.1) is 0 Å². The van der Waals surface area contributed by atoms with Gasteiger partial charge >= 0.3 is 103 Å². The van der Waals surface area contributed by atoms with Crippen LogP contribution >= 0.6 is 21.6 Å². The molecule has 2 aromatic rings. The second kappa shape index (κ2) is 19.4. The molecule has 170 valence electrons. The molecule has 0 aliphatic heterocycles. The van der Waals surface area contributed by atoms with Crippen LogP contribution in [0.15, 0.2) is 60.7 Å². The summed E-state index contributed by atoms with van der Waals surface area (Å²) in [7, 11) is 2.11. The molecule has 0 spiro atoms. The molecule has 2 amide bonds. The number of hydrogen-bond donors (Lipinski definition) is 2. The van der Waals surface area contributed by atoms with Crippen molar-refractivity contribution in [1.82, 2.24) is 10.6 Å². The van der Waals surface area contributed by atoms with E-state index < -0.39 is 35.8 Å². The molecular formula is C22H22K2N2O6S2. The van der Waals surface area contributed by atoms with E-state index in [1.165, 1.54) is 0 Å². The number of carboxylic acid groups (broad SMARTS) is 2. The van der Waals surface area contributed by atoms with E-state index in [9.17, 15) is 29.4 Å². The maximum atomic E-state index is 12.1. The molecule has 2 aromatic carbocycles. The molecule has 0 bridgehead atoms. The van der Waals surface area contributed by atoms with Crippen molar-refractivity contribution in [2.45, 2.75) is 24.9 Å². The normalized spacial score (nSPS) is 11.6. The minimum absolute atomic E-state index is 0. The van der Waals surface area contributed by atoms with E-state index in [-0.39, 0.29) is 127 Å². The van der Waals surface area contributed by atoms with Crippen molar-refractivity contribution in [3.05, 3.63) is 71.8 Å². The third kappa shape index (κ3) is 14.1. The van der Waals surface area contributed by atoms with E-state index in [1.54, 1.807) is 48.5 Å². The van der Waals surface area contributed by atoms with Crippen LogP contribution in [0.25, 0.3) is 0 Å². The molecule has 2 rings (SSSR count). The second-order valence-electron chi connectivity index (χ2n) is 6.77. The van der Waals surface area contributed by atoms with Crippen molar-refractivity contribution in [3.8, 4) is 0 Å². The van der Waals surface area contributed by atoms with Gasteiger partial charge < -0.3 is 30.4 Å². The molecule has 12 heteroatoms. The second-order valence-corrected chi connectivity index (χ2v) is 9.32. The first kappa shape index (κ1) is 34.3. The Hall–Kier alpha value is 0.293. The van der Waals surface area contributed by atoms with Crippen molar-refractivity contribution >= 4 is 45.3 Å². The van der Waals surface area contributed by atoms with Crippen LogP contribution in [0.1, 0.15) is 11.1 Å². The van der Waals surface area contributed by atoms with Crippen LogP contribution in [0, 0.1) is 0 Å². The van der Waals surface area contributed by atoms with Crippen LogP contribution < -0.4 is 124 Å². The average molecular weight is 553 g/mol. The topological polar surface area (TPSA) is 138 Å². The number of carbonyl (C=O) groups is 4. The van der Waals surface area contributed by atoms with Gasteiger partial charge in [0.25, 0.3) is 0 Å². The number of benzene rings is 2. The van der Waals surface area contributed by atoms with E-state index in [1.807, 2.05) is 12.1 Å². The summed E-state index contributed by atoms with van der Waals surface area (Å²) in [5.41, 5.74) is 1.49. The molecule has 2 N–H and O–H groups in total. The maximum absolute atomic E-state index is 12.1. The monoisotopic (exact) mass is 552 g/mol. The third-order valence-electron chi connectivity index (χ3n) is 4.21. The first-order chi connectivity index (χ1) is 15.3. The first-order valence-corrected chi connectivity index (χ1v) is 12.2. The van der Waals surface area contributed by atoms with E-state index in [2.05, 4.69) is 10.6 Å². The van der Waals surface area contributed by atoms with Crippen LogP contribution in [-0.2, 0) is 32.0 Å². The van der Waals surface area contributed by atoms with Crippen molar-refractivity contribution in [2.24, 2.45) is 0 Å². The molecule has 0 aliphatic rings. The Morgan fingerprint density at radius 1 is 0.647 bits per heavy atom. The first-order valence-electron chi connectivity index (χ1n) is 9.68. The largest absolute Gasteiger partial charge is 1.00 e. The Labute approximate surface area is 291 Å². The number of carbonyl (C=O) groups excluding carboxylic acids is 4. The number of rotatable bonds is 13. The van der Waals surface area contributed by atoms with Crippen molar-refractivity contribution in [2.75, 3.05) is 11.5 Å². The fraction of sp³-hybridized carbons (Fsp3) is 0.273. The summed E-state index contributed by atoms with van der Waals surface area (Å²) in [4.78, 5) is 46.8. The van der Waals surface area contributed by atoms with Gasteiger partial charge in [0.05, 0.1) is 36.9 Å². The summed E-state index contributed by atoms with van der Waals surface area (Å²) in [5.74, 6) is -3.87. The van der Waals surface area contributed by atoms with Crippen molar-refractivity contribution < 1.29 is 132 Å². The Bertz CT molecular complexity index is 847. The fourth-order valence-electron chi connectivity index (χ4n) is 2.62. The van der Waals surface area contributed by atoms with Crippen molar-refractivity contribution in [3.63, 3.8) is 0 Å². The molecule has 2 atom stereocenters. The number of aliphatic carboxylic acids is 2. The molecule has 0 saturated carbocycles. The van der Waals surface area contributed by atoms with Gasteiger partial charge in [-0.1, -0.05) is 82.3 Å². The maximum Gasteiger partial charge on any atom is 1.00 e. The number of carboxylic acids is 2. The number of nitrogens with one attached hydrogen (secondary N) is 2. The van der Waals surface area contributed by atoms with E-state index in [0.29, 0.717) is 0 Å². The Morgan fingerprint density at radius 2 is 0.971 bits per heavy atom. The standard InChI is InChI=1S/C22H24N2O6S2.2K/c25-19(11-15-7-3-1-4-8-15)23-17(21(27)28)13-31-32-14-18(22(29)30)24-20(26)12-16-9-5-2-6-10-16;;/h1-10,17-18H,11-14H2,(H,23,25)(H,24,26)(H,27,28)(H,29,30);;/q;2*+1/p-2/t17-,18-;;/m0../s1. The molecule has 0 aromatic heterocycles. The Morgan fingerprint density at radius 3 is 1.26 bits per heavy atom. The molecule has 8 nitrogen and oxygen atoms in total. The zero-order valence-electron chi connectivity index (χ0n) is 19.0. The molecule has 0 heterocycles. The van der Waals surface area contributed by atoms with E-state index >= 15 is 0 Å². The quantitative estimate of drug-likeness (QED) is 0.142. The summed E-state index contributed by atoms with van der Waals surface area (Å²) in [6, 6.07) is 15.3. The molecule has 0 fully saturated rings. The van der Waals surface area contributed by atoms with Crippen LogP contribution in [0.3, 0.4) is 0 Å². The van der Waals surface area contributed by atoms with Crippen LogP contribution in [0.5, 0.6) is 0 Å². The van der Waals surface area contributed by atoms with E-state index in [0.717, 1.165) is 32.7 Å². The summed E-state index contributed by atoms with van der Waals surface area (Å²) in [6.07, 6.45) is 0.0608. The Balaban J connectivity index is 0.00000544. The predicted molar refractivity (Wildman–Crippen MR) is 119 cm³/mol. The fourth-order valence-corrected chi connectivity index (χ4v) is 4.92. The third-order valence-corrected chi connectivity index (χ3v) is 6.63. The van der Waals surface area contributed by atoms with Gasteiger partial charge in [-0.2, -0.15) is 0 Å². The van der Waals surface area contributed by atoms with Crippen LogP contribution in [0.4, 0.5) is 0 Å². The number of amides is 2. The minimum atomic E-state index is -1.44.